The Morgan fingerprint density at radius 2 is 1.74 bits per heavy atom. The van der Waals surface area contributed by atoms with Gasteiger partial charge in [0.25, 0.3) is 5.91 Å². The van der Waals surface area contributed by atoms with Crippen LogP contribution in [0.4, 0.5) is 4.79 Å². The van der Waals surface area contributed by atoms with Gasteiger partial charge in [-0.2, -0.15) is 4.72 Å². The lowest BCUT2D eigenvalue weighted by Gasteiger charge is -2.31. The largest absolute Gasteiger partial charge is 0.481 e. The zero-order valence-electron chi connectivity index (χ0n) is 19.3. The predicted molar refractivity (Wildman–Crippen MR) is 126 cm³/mol. The van der Waals surface area contributed by atoms with Crippen molar-refractivity contribution < 1.29 is 32.6 Å². The summed E-state index contributed by atoms with van der Waals surface area (Å²) in [5.74, 6) is -3.70. The SMILES string of the molecule is COC(=O)N(CC1CCCCC1)C(=O)C(NS(=O)(=O)c1ccc2ccccc2c1)[C@H](C)C(=O)O. The van der Waals surface area contributed by atoms with Gasteiger partial charge in [-0.15, -0.1) is 0 Å². The monoisotopic (exact) mass is 490 g/mol. The number of hydrogen-bond donors (Lipinski definition) is 2. The summed E-state index contributed by atoms with van der Waals surface area (Å²) in [6.07, 6.45) is 3.72. The maximum absolute atomic E-state index is 13.4. The Labute approximate surface area is 199 Å². The first kappa shape index (κ1) is 25.6. The standard InChI is InChI=1S/C24H30N2O7S/c1-16(23(28)29)21(22(27)26(24(30)33-2)15-17-8-4-3-5-9-17)25-34(31,32)20-13-12-18-10-6-7-11-19(18)14-20/h6-7,10-14,16-17,21,25H,3-5,8-9,15H2,1-2H3,(H,28,29)/t16-,21?/m0/s1. The van der Waals surface area contributed by atoms with E-state index in [-0.39, 0.29) is 17.4 Å². The molecule has 0 bridgehead atoms. The van der Waals surface area contributed by atoms with Gasteiger partial charge in [-0.05, 0) is 48.6 Å². The van der Waals surface area contributed by atoms with Crippen LogP contribution >= 0.6 is 0 Å². The fourth-order valence-electron chi connectivity index (χ4n) is 4.24. The number of benzene rings is 2. The molecule has 0 radical (unpaired) electrons. The summed E-state index contributed by atoms with van der Waals surface area (Å²) < 4.78 is 33.4. The van der Waals surface area contributed by atoms with Crippen molar-refractivity contribution in [3.05, 3.63) is 42.5 Å². The maximum Gasteiger partial charge on any atom is 0.416 e. The average molecular weight is 491 g/mol. The molecule has 1 unspecified atom stereocenters. The molecule has 1 saturated carbocycles. The van der Waals surface area contributed by atoms with E-state index in [0.29, 0.717) is 5.39 Å². The van der Waals surface area contributed by atoms with Gasteiger partial charge in [0.05, 0.1) is 17.9 Å². The van der Waals surface area contributed by atoms with Crippen LogP contribution in [0, 0.1) is 11.8 Å². The smallest absolute Gasteiger partial charge is 0.416 e. The first-order valence-corrected chi connectivity index (χ1v) is 12.8. The Morgan fingerprint density at radius 3 is 2.35 bits per heavy atom. The highest BCUT2D eigenvalue weighted by atomic mass is 32.2. The number of carboxylic acid groups (broad SMARTS) is 1. The Morgan fingerprint density at radius 1 is 1.09 bits per heavy atom. The number of fused-ring (bicyclic) bond motifs is 1. The minimum absolute atomic E-state index is 0.0477. The van der Waals surface area contributed by atoms with Crippen molar-refractivity contribution in [3.63, 3.8) is 0 Å². The molecule has 3 rings (SSSR count). The van der Waals surface area contributed by atoms with E-state index < -0.39 is 40.0 Å². The number of amides is 2. The summed E-state index contributed by atoms with van der Waals surface area (Å²) in [5.41, 5.74) is 0. The van der Waals surface area contributed by atoms with Gasteiger partial charge in [-0.3, -0.25) is 9.59 Å². The van der Waals surface area contributed by atoms with Crippen LogP contribution in [-0.4, -0.2) is 56.1 Å². The van der Waals surface area contributed by atoms with Crippen LogP contribution in [-0.2, 0) is 24.3 Å². The molecule has 0 spiro atoms. The van der Waals surface area contributed by atoms with Gasteiger partial charge in [0.15, 0.2) is 0 Å². The van der Waals surface area contributed by atoms with E-state index in [1.54, 1.807) is 18.2 Å². The van der Waals surface area contributed by atoms with Gasteiger partial charge in [0.2, 0.25) is 10.0 Å². The Balaban J connectivity index is 1.92. The third-order valence-corrected chi connectivity index (χ3v) is 7.73. The van der Waals surface area contributed by atoms with Crippen LogP contribution in [0.25, 0.3) is 10.8 Å². The number of nitrogens with one attached hydrogen (secondary N) is 1. The lowest BCUT2D eigenvalue weighted by atomic mass is 9.88. The average Bonchev–Trinajstić information content (AvgIpc) is 2.84. The molecule has 0 aromatic heterocycles. The molecule has 2 N–H and O–H groups in total. The van der Waals surface area contributed by atoms with Gasteiger partial charge in [0, 0.05) is 6.54 Å². The van der Waals surface area contributed by atoms with Crippen molar-refractivity contribution in [1.82, 2.24) is 9.62 Å². The number of sulfonamides is 1. The van der Waals surface area contributed by atoms with Crippen LogP contribution < -0.4 is 4.72 Å². The van der Waals surface area contributed by atoms with Crippen molar-refractivity contribution in [2.45, 2.75) is 50.0 Å². The number of methoxy groups -OCH3 is 1. The molecule has 2 aromatic carbocycles. The van der Waals surface area contributed by atoms with Crippen LogP contribution in [0.15, 0.2) is 47.4 Å². The molecule has 2 amide bonds. The molecule has 34 heavy (non-hydrogen) atoms. The number of rotatable bonds is 8. The van der Waals surface area contributed by atoms with E-state index in [1.165, 1.54) is 19.1 Å². The van der Waals surface area contributed by atoms with Gasteiger partial charge >= 0.3 is 12.1 Å². The highest BCUT2D eigenvalue weighted by Crippen LogP contribution is 2.26. The molecule has 9 nitrogen and oxygen atoms in total. The predicted octanol–water partition coefficient (Wildman–Crippen LogP) is 3.38. The molecule has 0 heterocycles. The summed E-state index contributed by atoms with van der Waals surface area (Å²) in [6, 6.07) is 9.94. The Bertz CT molecular complexity index is 1160. The second-order valence-electron chi connectivity index (χ2n) is 8.66. The number of hydrogen-bond acceptors (Lipinski definition) is 6. The minimum atomic E-state index is -4.29. The number of carbonyl (C=O) groups is 3. The van der Waals surface area contributed by atoms with E-state index in [9.17, 15) is 27.9 Å². The summed E-state index contributed by atoms with van der Waals surface area (Å²) >= 11 is 0. The van der Waals surface area contributed by atoms with E-state index in [1.807, 2.05) is 12.1 Å². The maximum atomic E-state index is 13.4. The number of nitrogens with zero attached hydrogens (tertiary/aromatic N) is 1. The third kappa shape index (κ3) is 5.92. The number of imide groups is 1. The van der Waals surface area contributed by atoms with Crippen molar-refractivity contribution in [2.75, 3.05) is 13.7 Å². The molecule has 2 aromatic rings. The lowest BCUT2D eigenvalue weighted by molar-refractivity contribution is -0.146. The molecule has 1 aliphatic rings. The number of aliphatic carboxylic acids is 1. The lowest BCUT2D eigenvalue weighted by Crippen LogP contribution is -2.55. The highest BCUT2D eigenvalue weighted by molar-refractivity contribution is 7.89. The van der Waals surface area contributed by atoms with Crippen molar-refractivity contribution in [1.29, 1.82) is 0 Å². The van der Waals surface area contributed by atoms with Crippen LogP contribution in [0.1, 0.15) is 39.0 Å². The first-order chi connectivity index (χ1) is 16.1. The molecule has 184 valence electrons. The highest BCUT2D eigenvalue weighted by Gasteiger charge is 2.40. The fraction of sp³-hybridized carbons (Fsp3) is 0.458. The zero-order valence-corrected chi connectivity index (χ0v) is 20.1. The summed E-state index contributed by atoms with van der Waals surface area (Å²) in [7, 11) is -3.16. The van der Waals surface area contributed by atoms with E-state index >= 15 is 0 Å². The topological polar surface area (TPSA) is 130 Å². The molecule has 0 aliphatic heterocycles. The molecular weight excluding hydrogens is 460 g/mol. The Kier molecular flexibility index (Phi) is 8.27. The molecule has 2 atom stereocenters. The van der Waals surface area contributed by atoms with E-state index in [4.69, 9.17) is 4.74 Å². The van der Waals surface area contributed by atoms with Gasteiger partial charge in [-0.25, -0.2) is 18.1 Å². The quantitative estimate of drug-likeness (QED) is 0.580. The second kappa shape index (κ2) is 11.0. The fourth-order valence-corrected chi connectivity index (χ4v) is 5.54. The molecular formula is C24H30N2O7S. The molecule has 1 fully saturated rings. The number of carbonyl (C=O) groups excluding carboxylic acids is 2. The van der Waals surface area contributed by atoms with Gasteiger partial charge < -0.3 is 9.84 Å². The number of carboxylic acids is 1. The Hall–Kier alpha value is -2.98. The van der Waals surface area contributed by atoms with Crippen LogP contribution in [0.2, 0.25) is 0 Å². The van der Waals surface area contributed by atoms with E-state index in [2.05, 4.69) is 4.72 Å². The first-order valence-electron chi connectivity index (χ1n) is 11.3. The normalized spacial score (nSPS) is 16.5. The zero-order chi connectivity index (χ0) is 24.9. The number of ether oxygens (including phenoxy) is 1. The molecule has 0 saturated heterocycles. The van der Waals surface area contributed by atoms with Crippen molar-refractivity contribution >= 4 is 38.8 Å². The van der Waals surface area contributed by atoms with Gasteiger partial charge in [-0.1, -0.05) is 49.6 Å². The molecule has 10 heteroatoms. The second-order valence-corrected chi connectivity index (χ2v) is 10.4. The summed E-state index contributed by atoms with van der Waals surface area (Å²) in [4.78, 5) is 38.4. The summed E-state index contributed by atoms with van der Waals surface area (Å²) in [5, 5.41) is 11.1. The minimum Gasteiger partial charge on any atom is -0.481 e. The van der Waals surface area contributed by atoms with E-state index in [0.717, 1.165) is 49.5 Å². The summed E-state index contributed by atoms with van der Waals surface area (Å²) in [6.45, 7) is 1.27. The third-order valence-electron chi connectivity index (χ3n) is 6.30. The van der Waals surface area contributed by atoms with Gasteiger partial charge in [0.1, 0.15) is 6.04 Å². The van der Waals surface area contributed by atoms with Crippen molar-refractivity contribution in [3.8, 4) is 0 Å². The molecule has 1 aliphatic carbocycles. The van der Waals surface area contributed by atoms with Crippen LogP contribution in [0.3, 0.4) is 0 Å². The van der Waals surface area contributed by atoms with Crippen molar-refractivity contribution in [2.24, 2.45) is 11.8 Å². The van der Waals surface area contributed by atoms with Crippen LogP contribution in [0.5, 0.6) is 0 Å².